The van der Waals surface area contributed by atoms with Crippen molar-refractivity contribution >= 4 is 0 Å². The first-order valence-corrected chi connectivity index (χ1v) is 7.38. The van der Waals surface area contributed by atoms with Crippen molar-refractivity contribution in [3.63, 3.8) is 0 Å². The second kappa shape index (κ2) is 7.96. The van der Waals surface area contributed by atoms with Crippen LogP contribution in [0.5, 0.6) is 0 Å². The maximum absolute atomic E-state index is 13.7. The summed E-state index contributed by atoms with van der Waals surface area (Å²) >= 11 is 0. The average molecular weight is 290 g/mol. The number of benzene rings is 1. The summed E-state index contributed by atoms with van der Waals surface area (Å²) in [5.41, 5.74) is 1.87. The molecule has 1 aromatic carbocycles. The third-order valence-corrected chi connectivity index (χ3v) is 3.39. The molecule has 0 saturated carbocycles. The summed E-state index contributed by atoms with van der Waals surface area (Å²) in [5, 5.41) is 3.34. The van der Waals surface area contributed by atoms with Gasteiger partial charge >= 0.3 is 0 Å². The van der Waals surface area contributed by atoms with Gasteiger partial charge in [0.1, 0.15) is 11.6 Å². The van der Waals surface area contributed by atoms with Crippen LogP contribution in [0.3, 0.4) is 0 Å². The van der Waals surface area contributed by atoms with Gasteiger partial charge < -0.3 is 9.73 Å². The van der Waals surface area contributed by atoms with Crippen molar-refractivity contribution in [3.05, 3.63) is 59.3 Å². The van der Waals surface area contributed by atoms with Gasteiger partial charge in [-0.15, -0.1) is 0 Å². The van der Waals surface area contributed by atoms with Gasteiger partial charge in [0.05, 0.1) is 12.8 Å². The van der Waals surface area contributed by atoms with Crippen LogP contribution in [-0.4, -0.2) is 18.5 Å². The first kappa shape index (κ1) is 15.7. The predicted octanol–water partition coefficient (Wildman–Crippen LogP) is 3.55. The number of nitrogens with one attached hydrogen (secondary N) is 1. The van der Waals surface area contributed by atoms with E-state index in [1.165, 1.54) is 6.07 Å². The highest BCUT2D eigenvalue weighted by Crippen LogP contribution is 2.15. The number of furan rings is 1. The molecule has 1 aromatic heterocycles. The third kappa shape index (κ3) is 4.69. The van der Waals surface area contributed by atoms with Crippen molar-refractivity contribution in [2.24, 2.45) is 0 Å². The van der Waals surface area contributed by atoms with Crippen LogP contribution in [0.25, 0.3) is 0 Å². The van der Waals surface area contributed by atoms with Crippen LogP contribution in [0.4, 0.5) is 4.39 Å². The largest absolute Gasteiger partial charge is 0.468 e. The standard InChI is InChI=1S/C17H23FN2O/c1-3-9-19-11-17-15(8-10-21-17)13-20(2)12-14-6-4-5-7-16(14)18/h4-8,10,19H,3,9,11-13H2,1-2H3. The van der Waals surface area contributed by atoms with Gasteiger partial charge in [0.15, 0.2) is 0 Å². The predicted molar refractivity (Wildman–Crippen MR) is 82.3 cm³/mol. The van der Waals surface area contributed by atoms with E-state index < -0.39 is 0 Å². The van der Waals surface area contributed by atoms with Crippen LogP contribution in [0, 0.1) is 5.82 Å². The molecule has 21 heavy (non-hydrogen) atoms. The molecule has 2 rings (SSSR count). The van der Waals surface area contributed by atoms with E-state index in [9.17, 15) is 4.39 Å². The Morgan fingerprint density at radius 3 is 2.67 bits per heavy atom. The molecule has 0 aliphatic rings. The molecule has 0 aliphatic heterocycles. The van der Waals surface area contributed by atoms with E-state index in [1.807, 2.05) is 25.2 Å². The Morgan fingerprint density at radius 1 is 1.14 bits per heavy atom. The summed E-state index contributed by atoms with van der Waals surface area (Å²) in [7, 11) is 1.99. The molecule has 0 aliphatic carbocycles. The quantitative estimate of drug-likeness (QED) is 0.754. The van der Waals surface area contributed by atoms with Gasteiger partial charge in [-0.3, -0.25) is 4.90 Å². The zero-order chi connectivity index (χ0) is 15.1. The molecule has 2 aromatic rings. The van der Waals surface area contributed by atoms with Crippen molar-refractivity contribution < 1.29 is 8.81 Å². The molecule has 0 atom stereocenters. The average Bonchev–Trinajstić information content (AvgIpc) is 2.89. The maximum Gasteiger partial charge on any atom is 0.127 e. The summed E-state index contributed by atoms with van der Waals surface area (Å²) in [6, 6.07) is 8.89. The summed E-state index contributed by atoms with van der Waals surface area (Å²) in [5.74, 6) is 0.810. The van der Waals surface area contributed by atoms with E-state index in [0.717, 1.165) is 37.4 Å². The molecule has 0 amide bonds. The summed E-state index contributed by atoms with van der Waals surface area (Å²) < 4.78 is 19.2. The SMILES string of the molecule is CCCNCc1occc1CN(C)Cc1ccccc1F. The van der Waals surface area contributed by atoms with E-state index in [1.54, 1.807) is 12.3 Å². The highest BCUT2D eigenvalue weighted by Gasteiger charge is 2.10. The molecular formula is C17H23FN2O. The van der Waals surface area contributed by atoms with Gasteiger partial charge in [0, 0.05) is 24.2 Å². The monoisotopic (exact) mass is 290 g/mol. The molecule has 0 saturated heterocycles. The lowest BCUT2D eigenvalue weighted by atomic mass is 10.2. The normalized spacial score (nSPS) is 11.2. The van der Waals surface area contributed by atoms with E-state index in [4.69, 9.17) is 4.42 Å². The topological polar surface area (TPSA) is 28.4 Å². The Bertz CT molecular complexity index is 553. The minimum absolute atomic E-state index is 0.152. The second-order valence-corrected chi connectivity index (χ2v) is 5.31. The molecule has 0 fully saturated rings. The number of halogens is 1. The lowest BCUT2D eigenvalue weighted by Gasteiger charge is -2.17. The van der Waals surface area contributed by atoms with Crippen LogP contribution >= 0.6 is 0 Å². The van der Waals surface area contributed by atoms with Crippen LogP contribution < -0.4 is 5.32 Å². The molecule has 114 valence electrons. The Balaban J connectivity index is 1.92. The lowest BCUT2D eigenvalue weighted by Crippen LogP contribution is -2.20. The first-order chi connectivity index (χ1) is 10.2. The fourth-order valence-electron chi connectivity index (χ4n) is 2.31. The summed E-state index contributed by atoms with van der Waals surface area (Å²) in [4.78, 5) is 2.09. The molecule has 0 radical (unpaired) electrons. The number of nitrogens with zero attached hydrogens (tertiary/aromatic N) is 1. The number of rotatable bonds is 8. The molecule has 3 nitrogen and oxygen atoms in total. The fourth-order valence-corrected chi connectivity index (χ4v) is 2.31. The smallest absolute Gasteiger partial charge is 0.127 e. The molecule has 0 spiro atoms. The van der Waals surface area contributed by atoms with Crippen LogP contribution in [0.2, 0.25) is 0 Å². The Hall–Kier alpha value is -1.65. The highest BCUT2D eigenvalue weighted by atomic mass is 19.1. The Kier molecular flexibility index (Phi) is 5.96. The van der Waals surface area contributed by atoms with Gasteiger partial charge in [-0.2, -0.15) is 0 Å². The molecule has 1 heterocycles. The Labute approximate surface area is 125 Å². The minimum atomic E-state index is -0.152. The van der Waals surface area contributed by atoms with Crippen LogP contribution in [0.15, 0.2) is 41.0 Å². The second-order valence-electron chi connectivity index (χ2n) is 5.31. The molecule has 1 N–H and O–H groups in total. The highest BCUT2D eigenvalue weighted by molar-refractivity contribution is 5.19. The van der Waals surface area contributed by atoms with Gasteiger partial charge in [-0.1, -0.05) is 25.1 Å². The lowest BCUT2D eigenvalue weighted by molar-refractivity contribution is 0.309. The summed E-state index contributed by atoms with van der Waals surface area (Å²) in [6.07, 6.45) is 2.82. The molecular weight excluding hydrogens is 267 g/mol. The van der Waals surface area contributed by atoms with Gasteiger partial charge in [-0.05, 0) is 32.1 Å². The van der Waals surface area contributed by atoms with Crippen molar-refractivity contribution in [2.75, 3.05) is 13.6 Å². The molecule has 0 unspecified atom stereocenters. The zero-order valence-corrected chi connectivity index (χ0v) is 12.7. The maximum atomic E-state index is 13.7. The van der Waals surface area contributed by atoms with Crippen molar-refractivity contribution in [3.8, 4) is 0 Å². The Morgan fingerprint density at radius 2 is 1.90 bits per heavy atom. The number of hydrogen-bond acceptors (Lipinski definition) is 3. The van der Waals surface area contributed by atoms with Gasteiger partial charge in [0.25, 0.3) is 0 Å². The third-order valence-electron chi connectivity index (χ3n) is 3.39. The van der Waals surface area contributed by atoms with Crippen molar-refractivity contribution in [1.29, 1.82) is 0 Å². The fraction of sp³-hybridized carbons (Fsp3) is 0.412. The first-order valence-electron chi connectivity index (χ1n) is 7.38. The van der Waals surface area contributed by atoms with E-state index >= 15 is 0 Å². The zero-order valence-electron chi connectivity index (χ0n) is 12.7. The van der Waals surface area contributed by atoms with Crippen molar-refractivity contribution in [2.45, 2.75) is 33.0 Å². The molecule has 0 bridgehead atoms. The number of hydrogen-bond donors (Lipinski definition) is 1. The summed E-state index contributed by atoms with van der Waals surface area (Å²) in [6.45, 7) is 5.18. The van der Waals surface area contributed by atoms with Crippen LogP contribution in [0.1, 0.15) is 30.2 Å². The minimum Gasteiger partial charge on any atom is -0.468 e. The van der Waals surface area contributed by atoms with E-state index in [0.29, 0.717) is 12.1 Å². The van der Waals surface area contributed by atoms with Crippen molar-refractivity contribution in [1.82, 2.24) is 10.2 Å². The van der Waals surface area contributed by atoms with Gasteiger partial charge in [0.2, 0.25) is 0 Å². The van der Waals surface area contributed by atoms with E-state index in [-0.39, 0.29) is 5.82 Å². The van der Waals surface area contributed by atoms with Gasteiger partial charge in [-0.25, -0.2) is 4.39 Å². The van der Waals surface area contributed by atoms with E-state index in [2.05, 4.69) is 17.1 Å². The molecule has 4 heteroatoms. The van der Waals surface area contributed by atoms with Crippen LogP contribution in [-0.2, 0) is 19.6 Å².